The zero-order valence-electron chi connectivity index (χ0n) is 15.4. The van der Waals surface area contributed by atoms with Crippen LogP contribution in [0.25, 0.3) is 11.4 Å². The van der Waals surface area contributed by atoms with Crippen LogP contribution in [-0.4, -0.2) is 36.9 Å². The fourth-order valence-corrected chi connectivity index (χ4v) is 2.37. The van der Waals surface area contributed by atoms with Gasteiger partial charge in [-0.15, -0.1) is 0 Å². The first kappa shape index (κ1) is 20.1. The number of halogens is 2. The summed E-state index contributed by atoms with van der Waals surface area (Å²) in [5.41, 5.74) is 0.782. The first-order valence-corrected chi connectivity index (χ1v) is 8.27. The molecule has 8 nitrogen and oxygen atoms in total. The number of ether oxygens (including phenoxy) is 4. The smallest absolute Gasteiger partial charge is 0.387 e. The van der Waals surface area contributed by atoms with Crippen molar-refractivity contribution in [1.82, 2.24) is 10.1 Å². The van der Waals surface area contributed by atoms with Crippen LogP contribution in [0.3, 0.4) is 0 Å². The van der Waals surface area contributed by atoms with Gasteiger partial charge in [-0.25, -0.2) is 4.79 Å². The van der Waals surface area contributed by atoms with Gasteiger partial charge in [-0.1, -0.05) is 5.16 Å². The molecule has 0 amide bonds. The Morgan fingerprint density at radius 3 is 2.48 bits per heavy atom. The Balaban J connectivity index is 1.66. The Kier molecular flexibility index (Phi) is 6.22. The number of alkyl halides is 2. The fourth-order valence-electron chi connectivity index (χ4n) is 2.37. The lowest BCUT2D eigenvalue weighted by Crippen LogP contribution is -2.05. The van der Waals surface area contributed by atoms with E-state index in [2.05, 4.69) is 14.9 Å². The van der Waals surface area contributed by atoms with E-state index in [0.717, 1.165) is 0 Å². The average Bonchev–Trinajstić information content (AvgIpc) is 3.21. The highest BCUT2D eigenvalue weighted by molar-refractivity contribution is 5.89. The van der Waals surface area contributed by atoms with Gasteiger partial charge in [0.05, 0.1) is 19.8 Å². The normalized spacial score (nSPS) is 10.7. The quantitative estimate of drug-likeness (QED) is 0.523. The van der Waals surface area contributed by atoms with E-state index >= 15 is 0 Å². The van der Waals surface area contributed by atoms with Gasteiger partial charge in [0, 0.05) is 5.56 Å². The van der Waals surface area contributed by atoms with Gasteiger partial charge in [-0.2, -0.15) is 13.8 Å². The SMILES string of the molecule is COc1ccc(C(=O)OCc2nc(-c3ccc(OC(F)F)c(OC)c3)no2)cc1. The van der Waals surface area contributed by atoms with E-state index in [-0.39, 0.29) is 29.8 Å². The van der Waals surface area contributed by atoms with E-state index in [9.17, 15) is 13.6 Å². The highest BCUT2D eigenvalue weighted by Crippen LogP contribution is 2.32. The minimum atomic E-state index is -2.98. The lowest BCUT2D eigenvalue weighted by atomic mass is 10.2. The van der Waals surface area contributed by atoms with Crippen LogP contribution >= 0.6 is 0 Å². The van der Waals surface area contributed by atoms with E-state index in [1.807, 2.05) is 0 Å². The third-order valence-electron chi connectivity index (χ3n) is 3.76. The molecule has 0 N–H and O–H groups in total. The van der Waals surface area contributed by atoms with Gasteiger partial charge >= 0.3 is 12.6 Å². The van der Waals surface area contributed by atoms with E-state index in [1.165, 1.54) is 32.4 Å². The summed E-state index contributed by atoms with van der Waals surface area (Å²) in [5.74, 6) is 0.241. The molecule has 0 atom stereocenters. The number of hydrogen-bond acceptors (Lipinski definition) is 8. The van der Waals surface area contributed by atoms with Crippen LogP contribution < -0.4 is 14.2 Å². The molecule has 0 aliphatic rings. The van der Waals surface area contributed by atoms with Crippen LogP contribution in [0.15, 0.2) is 47.0 Å². The number of benzene rings is 2. The summed E-state index contributed by atoms with van der Waals surface area (Å²) >= 11 is 0. The second-order valence-corrected chi connectivity index (χ2v) is 5.56. The van der Waals surface area contributed by atoms with Crippen molar-refractivity contribution in [2.24, 2.45) is 0 Å². The third kappa shape index (κ3) is 4.98. The van der Waals surface area contributed by atoms with Crippen LogP contribution in [0.4, 0.5) is 8.78 Å². The van der Waals surface area contributed by atoms with Crippen LogP contribution in [-0.2, 0) is 11.3 Å². The molecule has 1 heterocycles. The molecular weight excluding hydrogens is 390 g/mol. The highest BCUT2D eigenvalue weighted by Gasteiger charge is 2.16. The molecule has 0 saturated carbocycles. The third-order valence-corrected chi connectivity index (χ3v) is 3.76. The maximum absolute atomic E-state index is 12.4. The van der Waals surface area contributed by atoms with Gasteiger partial charge in [0.25, 0.3) is 5.89 Å². The summed E-state index contributed by atoms with van der Waals surface area (Å²) in [6.45, 7) is -3.21. The highest BCUT2D eigenvalue weighted by atomic mass is 19.3. The molecule has 0 bridgehead atoms. The average molecular weight is 406 g/mol. The van der Waals surface area contributed by atoms with Crippen molar-refractivity contribution in [3.8, 4) is 28.6 Å². The van der Waals surface area contributed by atoms with Gasteiger partial charge in [0.2, 0.25) is 5.82 Å². The minimum Gasteiger partial charge on any atom is -0.497 e. The number of carbonyl (C=O) groups excluding carboxylic acids is 1. The molecule has 0 aliphatic heterocycles. The molecule has 0 unspecified atom stereocenters. The lowest BCUT2D eigenvalue weighted by molar-refractivity contribution is -0.0512. The van der Waals surface area contributed by atoms with E-state index in [4.69, 9.17) is 18.7 Å². The summed E-state index contributed by atoms with van der Waals surface area (Å²) in [6, 6.07) is 10.6. The number of nitrogens with zero attached hydrogens (tertiary/aromatic N) is 2. The molecule has 10 heteroatoms. The monoisotopic (exact) mass is 406 g/mol. The molecular formula is C19H16F2N2O6. The molecule has 0 radical (unpaired) electrons. The summed E-state index contributed by atoms with van der Waals surface area (Å²) in [5, 5.41) is 3.79. The number of esters is 1. The van der Waals surface area contributed by atoms with Crippen LogP contribution in [0.5, 0.6) is 17.2 Å². The lowest BCUT2D eigenvalue weighted by Gasteiger charge is -2.10. The number of hydrogen-bond donors (Lipinski definition) is 0. The second kappa shape index (κ2) is 9.00. The van der Waals surface area contributed by atoms with Gasteiger partial charge in [-0.3, -0.25) is 0 Å². The van der Waals surface area contributed by atoms with E-state index in [1.54, 1.807) is 24.3 Å². The van der Waals surface area contributed by atoms with Gasteiger partial charge in [0.1, 0.15) is 5.75 Å². The Morgan fingerprint density at radius 2 is 1.83 bits per heavy atom. The number of rotatable bonds is 8. The van der Waals surface area contributed by atoms with Crippen molar-refractivity contribution in [1.29, 1.82) is 0 Å². The number of carbonyl (C=O) groups is 1. The van der Waals surface area contributed by atoms with Gasteiger partial charge in [-0.05, 0) is 42.5 Å². The first-order valence-electron chi connectivity index (χ1n) is 8.27. The second-order valence-electron chi connectivity index (χ2n) is 5.56. The molecule has 152 valence electrons. The maximum atomic E-state index is 12.4. The Morgan fingerprint density at radius 1 is 1.07 bits per heavy atom. The Labute approximate surface area is 164 Å². The molecule has 3 rings (SSSR count). The largest absolute Gasteiger partial charge is 0.497 e. The van der Waals surface area contributed by atoms with Gasteiger partial charge < -0.3 is 23.5 Å². The van der Waals surface area contributed by atoms with Crippen LogP contribution in [0, 0.1) is 0 Å². The Bertz CT molecular complexity index is 975. The van der Waals surface area contributed by atoms with Crippen molar-refractivity contribution in [2.45, 2.75) is 13.2 Å². The summed E-state index contributed by atoms with van der Waals surface area (Å²) in [7, 11) is 2.84. The molecule has 0 fully saturated rings. The van der Waals surface area contributed by atoms with Crippen molar-refractivity contribution in [3.05, 3.63) is 53.9 Å². The molecule has 0 aliphatic carbocycles. The van der Waals surface area contributed by atoms with Crippen molar-refractivity contribution >= 4 is 5.97 Å². The molecule has 0 saturated heterocycles. The van der Waals surface area contributed by atoms with Crippen molar-refractivity contribution < 1.29 is 37.0 Å². The maximum Gasteiger partial charge on any atom is 0.387 e. The minimum absolute atomic E-state index is 0.0636. The van der Waals surface area contributed by atoms with Crippen molar-refractivity contribution in [3.63, 3.8) is 0 Å². The number of methoxy groups -OCH3 is 2. The molecule has 29 heavy (non-hydrogen) atoms. The zero-order chi connectivity index (χ0) is 20.8. The van der Waals surface area contributed by atoms with E-state index < -0.39 is 12.6 Å². The topological polar surface area (TPSA) is 92.9 Å². The number of aromatic nitrogens is 2. The molecule has 0 spiro atoms. The summed E-state index contributed by atoms with van der Waals surface area (Å²) < 4.78 is 49.4. The summed E-state index contributed by atoms with van der Waals surface area (Å²) in [6.07, 6.45) is 0. The van der Waals surface area contributed by atoms with Crippen LogP contribution in [0.2, 0.25) is 0 Å². The Hall–Kier alpha value is -3.69. The first-order chi connectivity index (χ1) is 14.0. The van der Waals surface area contributed by atoms with Crippen molar-refractivity contribution in [2.75, 3.05) is 14.2 Å². The zero-order valence-corrected chi connectivity index (χ0v) is 15.4. The predicted molar refractivity (Wildman–Crippen MR) is 95.0 cm³/mol. The fraction of sp³-hybridized carbons (Fsp3) is 0.211. The predicted octanol–water partition coefficient (Wildman–Crippen LogP) is 3.71. The molecule has 3 aromatic rings. The standard InChI is InChI=1S/C19H16F2N2O6/c1-25-13-6-3-11(4-7-13)18(24)27-10-16-22-17(23-29-16)12-5-8-14(28-19(20)21)15(9-12)26-2/h3-9,19H,10H2,1-2H3. The van der Waals surface area contributed by atoms with E-state index in [0.29, 0.717) is 16.9 Å². The molecule has 2 aromatic carbocycles. The summed E-state index contributed by atoms with van der Waals surface area (Å²) in [4.78, 5) is 16.2. The van der Waals surface area contributed by atoms with Gasteiger partial charge in [0.15, 0.2) is 18.1 Å². The van der Waals surface area contributed by atoms with Crippen LogP contribution in [0.1, 0.15) is 16.2 Å². The molecule has 1 aromatic heterocycles.